The zero-order valence-electron chi connectivity index (χ0n) is 11.0. The Bertz CT molecular complexity index is 688. The highest BCUT2D eigenvalue weighted by atomic mass is 35.5. The topological polar surface area (TPSA) is 67.9 Å². The summed E-state index contributed by atoms with van der Waals surface area (Å²) in [6.45, 7) is 0. The van der Waals surface area contributed by atoms with Crippen LogP contribution in [0.1, 0.15) is 22.0 Å². The molecule has 20 heavy (non-hydrogen) atoms. The lowest BCUT2D eigenvalue weighted by Crippen LogP contribution is -2.13. The number of nitrogens with zero attached hydrogens (tertiary/aromatic N) is 3. The number of ketones is 1. The first kappa shape index (κ1) is 14.1. The van der Waals surface area contributed by atoms with Crippen LogP contribution in [-0.4, -0.2) is 22.4 Å². The molecule has 0 N–H and O–H groups in total. The highest BCUT2D eigenvalue weighted by molar-refractivity contribution is 6.30. The van der Waals surface area contributed by atoms with E-state index in [0.717, 1.165) is 0 Å². The summed E-state index contributed by atoms with van der Waals surface area (Å²) in [6, 6.07) is 6.83. The van der Waals surface area contributed by atoms with Crippen molar-refractivity contribution in [1.29, 1.82) is 5.26 Å². The van der Waals surface area contributed by atoms with Crippen molar-refractivity contribution < 1.29 is 9.53 Å². The van der Waals surface area contributed by atoms with Gasteiger partial charge in [0, 0.05) is 23.8 Å². The second kappa shape index (κ2) is 5.76. The molecule has 0 saturated heterocycles. The van der Waals surface area contributed by atoms with Crippen LogP contribution in [-0.2, 0) is 7.05 Å². The minimum Gasteiger partial charge on any atom is -0.496 e. The van der Waals surface area contributed by atoms with Gasteiger partial charge in [0.15, 0.2) is 0 Å². The van der Waals surface area contributed by atoms with Crippen molar-refractivity contribution in [3.05, 3.63) is 47.0 Å². The molecular formula is C14H12ClN3O2. The lowest BCUT2D eigenvalue weighted by Gasteiger charge is -2.12. The summed E-state index contributed by atoms with van der Waals surface area (Å²) in [5.74, 6) is -0.933. The van der Waals surface area contributed by atoms with Gasteiger partial charge >= 0.3 is 0 Å². The fourth-order valence-corrected chi connectivity index (χ4v) is 2.07. The molecule has 102 valence electrons. The first-order valence-electron chi connectivity index (χ1n) is 5.82. The maximum absolute atomic E-state index is 12.4. The van der Waals surface area contributed by atoms with Crippen molar-refractivity contribution >= 4 is 17.4 Å². The lowest BCUT2D eigenvalue weighted by molar-refractivity contribution is 0.0973. The molecule has 2 aromatic rings. The number of ether oxygens (including phenoxy) is 1. The first-order valence-corrected chi connectivity index (χ1v) is 6.20. The number of aromatic nitrogens is 2. The molecule has 0 aliphatic carbocycles. The van der Waals surface area contributed by atoms with Gasteiger partial charge < -0.3 is 9.30 Å². The number of benzene rings is 1. The van der Waals surface area contributed by atoms with Crippen LogP contribution in [0.4, 0.5) is 0 Å². The van der Waals surface area contributed by atoms with E-state index < -0.39 is 5.92 Å². The number of carbonyl (C=O) groups is 1. The van der Waals surface area contributed by atoms with Crippen molar-refractivity contribution in [2.75, 3.05) is 7.11 Å². The Morgan fingerprint density at radius 3 is 2.85 bits per heavy atom. The molecule has 1 aromatic carbocycles. The Labute approximate surface area is 121 Å². The van der Waals surface area contributed by atoms with E-state index in [1.54, 1.807) is 36.0 Å². The van der Waals surface area contributed by atoms with Gasteiger partial charge in [-0.05, 0) is 18.2 Å². The summed E-state index contributed by atoms with van der Waals surface area (Å²) in [5.41, 5.74) is 0.680. The van der Waals surface area contributed by atoms with Crippen LogP contribution < -0.4 is 4.74 Å². The molecule has 2 rings (SSSR count). The van der Waals surface area contributed by atoms with Crippen molar-refractivity contribution in [2.24, 2.45) is 7.05 Å². The van der Waals surface area contributed by atoms with E-state index in [0.29, 0.717) is 16.3 Å². The van der Waals surface area contributed by atoms with Gasteiger partial charge in [-0.25, -0.2) is 4.98 Å². The normalized spacial score (nSPS) is 11.7. The molecular weight excluding hydrogens is 278 g/mol. The fraction of sp³-hybridized carbons (Fsp3) is 0.214. The second-order valence-electron chi connectivity index (χ2n) is 4.24. The third-order valence-corrected chi connectivity index (χ3v) is 3.09. The van der Waals surface area contributed by atoms with Crippen LogP contribution in [0.3, 0.4) is 0 Å². The lowest BCUT2D eigenvalue weighted by atomic mass is 9.94. The Balaban J connectivity index is 2.45. The zero-order chi connectivity index (χ0) is 14.7. The van der Waals surface area contributed by atoms with E-state index in [2.05, 4.69) is 4.98 Å². The van der Waals surface area contributed by atoms with Gasteiger partial charge in [-0.1, -0.05) is 11.6 Å². The van der Waals surface area contributed by atoms with Crippen LogP contribution in [0.15, 0.2) is 30.7 Å². The standard InChI is InChI=1S/C14H12ClN3O2/c1-18-7-12(17-8-18)14(19)11(6-16)10-5-9(15)3-4-13(10)20-2/h3-5,7-8,11H,1-2H3. The Morgan fingerprint density at radius 1 is 1.55 bits per heavy atom. The SMILES string of the molecule is COc1ccc(Cl)cc1C(C#N)C(=O)c1cn(C)cn1. The number of methoxy groups -OCH3 is 1. The molecule has 1 unspecified atom stereocenters. The van der Waals surface area contributed by atoms with Crippen LogP contribution >= 0.6 is 11.6 Å². The average Bonchev–Trinajstić information content (AvgIpc) is 2.86. The summed E-state index contributed by atoms with van der Waals surface area (Å²) >= 11 is 5.93. The highest BCUT2D eigenvalue weighted by Gasteiger charge is 2.26. The molecule has 0 spiro atoms. The van der Waals surface area contributed by atoms with E-state index in [4.69, 9.17) is 16.3 Å². The molecule has 1 atom stereocenters. The summed E-state index contributed by atoms with van der Waals surface area (Å²) < 4.78 is 6.84. The summed E-state index contributed by atoms with van der Waals surface area (Å²) in [4.78, 5) is 16.3. The molecule has 5 nitrogen and oxygen atoms in total. The highest BCUT2D eigenvalue weighted by Crippen LogP contribution is 2.31. The Hall–Kier alpha value is -2.32. The van der Waals surface area contributed by atoms with Gasteiger partial charge in [0.1, 0.15) is 17.4 Å². The van der Waals surface area contributed by atoms with Crippen molar-refractivity contribution in [1.82, 2.24) is 9.55 Å². The minimum absolute atomic E-state index is 0.237. The predicted octanol–water partition coefficient (Wildman–Crippen LogP) is 2.57. The average molecular weight is 290 g/mol. The molecule has 0 bridgehead atoms. The number of hydrogen-bond donors (Lipinski definition) is 0. The fourth-order valence-electron chi connectivity index (χ4n) is 1.89. The second-order valence-corrected chi connectivity index (χ2v) is 4.67. The molecule has 0 radical (unpaired) electrons. The van der Waals surface area contributed by atoms with E-state index in [1.165, 1.54) is 13.4 Å². The molecule has 0 amide bonds. The quantitative estimate of drug-likeness (QED) is 0.811. The summed E-state index contributed by atoms with van der Waals surface area (Å²) in [6.07, 6.45) is 3.08. The Kier molecular flexibility index (Phi) is 4.06. The van der Waals surface area contributed by atoms with E-state index >= 15 is 0 Å². The number of aryl methyl sites for hydroxylation is 1. The monoisotopic (exact) mass is 289 g/mol. The number of nitriles is 1. The minimum atomic E-state index is -1.00. The summed E-state index contributed by atoms with van der Waals surface area (Å²) in [5, 5.41) is 9.76. The molecule has 0 fully saturated rings. The predicted molar refractivity (Wildman–Crippen MR) is 73.9 cm³/mol. The van der Waals surface area contributed by atoms with Gasteiger partial charge in [-0.3, -0.25) is 4.79 Å². The van der Waals surface area contributed by atoms with Gasteiger partial charge in [0.05, 0.1) is 19.5 Å². The van der Waals surface area contributed by atoms with E-state index in [1.807, 2.05) is 6.07 Å². The number of Topliss-reactive ketones (excluding diaryl/α,β-unsaturated/α-hetero) is 1. The Morgan fingerprint density at radius 2 is 2.30 bits per heavy atom. The number of carbonyl (C=O) groups excluding carboxylic acids is 1. The van der Waals surface area contributed by atoms with Gasteiger partial charge in [-0.15, -0.1) is 0 Å². The number of halogens is 1. The maximum Gasteiger partial charge on any atom is 0.204 e. The van der Waals surface area contributed by atoms with Crippen molar-refractivity contribution in [3.8, 4) is 11.8 Å². The molecule has 6 heteroatoms. The van der Waals surface area contributed by atoms with E-state index in [-0.39, 0.29) is 11.5 Å². The molecule has 1 heterocycles. The number of imidazole rings is 1. The van der Waals surface area contributed by atoms with Crippen LogP contribution in [0.25, 0.3) is 0 Å². The van der Waals surface area contributed by atoms with Gasteiger partial charge in [-0.2, -0.15) is 5.26 Å². The number of hydrogen-bond acceptors (Lipinski definition) is 4. The molecule has 0 aliphatic rings. The van der Waals surface area contributed by atoms with Gasteiger partial charge in [0.25, 0.3) is 0 Å². The zero-order valence-corrected chi connectivity index (χ0v) is 11.8. The van der Waals surface area contributed by atoms with Crippen LogP contribution in [0.5, 0.6) is 5.75 Å². The molecule has 1 aromatic heterocycles. The third-order valence-electron chi connectivity index (χ3n) is 2.85. The van der Waals surface area contributed by atoms with Crippen LogP contribution in [0, 0.1) is 11.3 Å². The number of rotatable bonds is 4. The summed E-state index contributed by atoms with van der Waals surface area (Å²) in [7, 11) is 3.23. The van der Waals surface area contributed by atoms with Crippen molar-refractivity contribution in [3.63, 3.8) is 0 Å². The van der Waals surface area contributed by atoms with E-state index in [9.17, 15) is 10.1 Å². The molecule has 0 aliphatic heterocycles. The molecule has 0 saturated carbocycles. The first-order chi connectivity index (χ1) is 9.56. The smallest absolute Gasteiger partial charge is 0.204 e. The van der Waals surface area contributed by atoms with Gasteiger partial charge in [0.2, 0.25) is 5.78 Å². The largest absolute Gasteiger partial charge is 0.496 e. The maximum atomic E-state index is 12.4. The third kappa shape index (κ3) is 2.65. The van der Waals surface area contributed by atoms with Crippen molar-refractivity contribution in [2.45, 2.75) is 5.92 Å². The van der Waals surface area contributed by atoms with Crippen LogP contribution in [0.2, 0.25) is 5.02 Å².